The summed E-state index contributed by atoms with van der Waals surface area (Å²) in [7, 11) is 3.01. The molecule has 26 heavy (non-hydrogen) atoms. The molecule has 0 radical (unpaired) electrons. The molecule has 2 aliphatic carbocycles. The van der Waals surface area contributed by atoms with Gasteiger partial charge in [-0.1, -0.05) is 5.92 Å². The highest BCUT2D eigenvalue weighted by molar-refractivity contribution is 5.65. The van der Waals surface area contributed by atoms with Crippen LogP contribution in [0.25, 0.3) is 11.3 Å². The molecule has 0 spiro atoms. The molecule has 2 saturated carbocycles. The molecular formula is C19H19FN4O2. The SMILES string of the molecule is COc1ncc(-c2cc([C@H]3C[C@@H]3CF)c(C#CC3CC3)nn2)c(OC)n1. The van der Waals surface area contributed by atoms with Crippen LogP contribution >= 0.6 is 0 Å². The molecule has 2 heterocycles. The van der Waals surface area contributed by atoms with Crippen molar-refractivity contribution in [3.63, 3.8) is 0 Å². The zero-order chi connectivity index (χ0) is 18.1. The number of hydrogen-bond donors (Lipinski definition) is 0. The molecule has 0 aromatic carbocycles. The maximum atomic E-state index is 13.1. The summed E-state index contributed by atoms with van der Waals surface area (Å²) in [6, 6.07) is 2.13. The number of alkyl halides is 1. The van der Waals surface area contributed by atoms with Crippen molar-refractivity contribution in [2.75, 3.05) is 20.9 Å². The van der Waals surface area contributed by atoms with Crippen molar-refractivity contribution >= 4 is 0 Å². The summed E-state index contributed by atoms with van der Waals surface area (Å²) in [6.07, 6.45) is 4.69. The number of halogens is 1. The number of rotatable bonds is 5. The third kappa shape index (κ3) is 3.32. The summed E-state index contributed by atoms with van der Waals surface area (Å²) in [5, 5.41) is 8.60. The molecule has 0 N–H and O–H groups in total. The molecule has 0 bridgehead atoms. The van der Waals surface area contributed by atoms with E-state index in [9.17, 15) is 4.39 Å². The van der Waals surface area contributed by atoms with Gasteiger partial charge in [0, 0.05) is 12.1 Å². The molecule has 0 aliphatic heterocycles. The lowest BCUT2D eigenvalue weighted by molar-refractivity contribution is 0.353. The van der Waals surface area contributed by atoms with Gasteiger partial charge in [-0.15, -0.1) is 10.2 Å². The maximum Gasteiger partial charge on any atom is 0.319 e. The highest BCUT2D eigenvalue weighted by Crippen LogP contribution is 2.49. The first kappa shape index (κ1) is 16.7. The lowest BCUT2D eigenvalue weighted by atomic mass is 10.0. The Morgan fingerprint density at radius 2 is 2.08 bits per heavy atom. The monoisotopic (exact) mass is 354 g/mol. The van der Waals surface area contributed by atoms with E-state index in [2.05, 4.69) is 32.0 Å². The summed E-state index contributed by atoms with van der Waals surface area (Å²) >= 11 is 0. The van der Waals surface area contributed by atoms with Crippen molar-refractivity contribution in [3.8, 4) is 35.0 Å². The topological polar surface area (TPSA) is 70.0 Å². The Bertz CT molecular complexity index is 889. The minimum Gasteiger partial charge on any atom is -0.480 e. The van der Waals surface area contributed by atoms with Gasteiger partial charge in [0.25, 0.3) is 0 Å². The van der Waals surface area contributed by atoms with Crippen LogP contribution in [0.1, 0.15) is 36.4 Å². The van der Waals surface area contributed by atoms with E-state index >= 15 is 0 Å². The Morgan fingerprint density at radius 3 is 2.73 bits per heavy atom. The van der Waals surface area contributed by atoms with Crippen molar-refractivity contribution in [1.29, 1.82) is 0 Å². The maximum absolute atomic E-state index is 13.1. The summed E-state index contributed by atoms with van der Waals surface area (Å²) in [5.74, 6) is 7.36. The van der Waals surface area contributed by atoms with E-state index in [1.165, 1.54) is 14.2 Å². The molecule has 4 rings (SSSR count). The minimum absolute atomic E-state index is 0.0440. The Morgan fingerprint density at radius 1 is 1.23 bits per heavy atom. The van der Waals surface area contributed by atoms with Crippen LogP contribution in [0.15, 0.2) is 12.3 Å². The van der Waals surface area contributed by atoms with Crippen LogP contribution in [0, 0.1) is 23.7 Å². The fourth-order valence-electron chi connectivity index (χ4n) is 2.90. The quantitative estimate of drug-likeness (QED) is 0.769. The molecule has 7 heteroatoms. The smallest absolute Gasteiger partial charge is 0.319 e. The third-order valence-electron chi connectivity index (χ3n) is 4.70. The van der Waals surface area contributed by atoms with E-state index in [1.54, 1.807) is 6.20 Å². The number of aromatic nitrogens is 4. The van der Waals surface area contributed by atoms with Gasteiger partial charge < -0.3 is 9.47 Å². The van der Waals surface area contributed by atoms with Gasteiger partial charge in [-0.05, 0) is 48.6 Å². The fourth-order valence-corrected chi connectivity index (χ4v) is 2.90. The summed E-state index contributed by atoms with van der Waals surface area (Å²) in [5.41, 5.74) is 2.79. The van der Waals surface area contributed by atoms with E-state index < -0.39 is 0 Å². The van der Waals surface area contributed by atoms with Gasteiger partial charge in [0.1, 0.15) is 11.4 Å². The summed E-state index contributed by atoms with van der Waals surface area (Å²) in [4.78, 5) is 8.31. The second-order valence-electron chi connectivity index (χ2n) is 6.61. The molecule has 2 aromatic rings. The molecule has 0 unspecified atom stereocenters. The normalized spacial score (nSPS) is 20.9. The number of hydrogen-bond acceptors (Lipinski definition) is 6. The zero-order valence-corrected chi connectivity index (χ0v) is 14.7. The van der Waals surface area contributed by atoms with E-state index in [-0.39, 0.29) is 24.5 Å². The molecule has 134 valence electrons. The van der Waals surface area contributed by atoms with Crippen LogP contribution in [0.4, 0.5) is 4.39 Å². The van der Waals surface area contributed by atoms with E-state index in [0.717, 1.165) is 24.8 Å². The van der Waals surface area contributed by atoms with Gasteiger partial charge in [0.05, 0.1) is 26.5 Å². The molecule has 0 amide bonds. The van der Waals surface area contributed by atoms with Crippen molar-refractivity contribution < 1.29 is 13.9 Å². The van der Waals surface area contributed by atoms with Crippen molar-refractivity contribution in [1.82, 2.24) is 20.2 Å². The highest BCUT2D eigenvalue weighted by atomic mass is 19.1. The first-order chi connectivity index (χ1) is 12.7. The Kier molecular flexibility index (Phi) is 4.41. The van der Waals surface area contributed by atoms with Crippen LogP contribution in [0.3, 0.4) is 0 Å². The Hall–Kier alpha value is -2.75. The molecule has 2 fully saturated rings. The van der Waals surface area contributed by atoms with Gasteiger partial charge in [0.15, 0.2) is 0 Å². The van der Waals surface area contributed by atoms with Gasteiger partial charge in [0.2, 0.25) is 5.88 Å². The fraction of sp³-hybridized carbons (Fsp3) is 0.474. The van der Waals surface area contributed by atoms with Crippen molar-refractivity contribution in [3.05, 3.63) is 23.5 Å². The van der Waals surface area contributed by atoms with Crippen LogP contribution in [0.5, 0.6) is 11.9 Å². The lowest BCUT2D eigenvalue weighted by Gasteiger charge is -2.09. The Balaban J connectivity index is 1.74. The van der Waals surface area contributed by atoms with Crippen molar-refractivity contribution in [2.45, 2.75) is 25.2 Å². The zero-order valence-electron chi connectivity index (χ0n) is 14.7. The van der Waals surface area contributed by atoms with Gasteiger partial charge in [-0.2, -0.15) is 4.98 Å². The van der Waals surface area contributed by atoms with Crippen LogP contribution in [-0.2, 0) is 0 Å². The second kappa shape index (κ2) is 6.87. The van der Waals surface area contributed by atoms with Crippen LogP contribution in [0.2, 0.25) is 0 Å². The average molecular weight is 354 g/mol. The molecule has 2 aliphatic rings. The largest absolute Gasteiger partial charge is 0.480 e. The molecule has 2 aromatic heterocycles. The van der Waals surface area contributed by atoms with E-state index in [4.69, 9.17) is 9.47 Å². The standard InChI is InChI=1S/C19H19FN4O2/c1-25-18-15(10-21-19(22-18)26-2)17-8-14(13-7-12(13)9-20)16(23-24-17)6-5-11-3-4-11/h8,10-13H,3-4,7,9H2,1-2H3/t12-,13+/m1/s1. The van der Waals surface area contributed by atoms with Crippen LogP contribution < -0.4 is 9.47 Å². The number of ether oxygens (including phenoxy) is 2. The summed E-state index contributed by atoms with van der Waals surface area (Å²) < 4.78 is 23.4. The van der Waals surface area contributed by atoms with Gasteiger partial charge in [-0.25, -0.2) is 4.98 Å². The average Bonchev–Trinajstić information content (AvgIpc) is 3.60. The highest BCUT2D eigenvalue weighted by Gasteiger charge is 2.40. The second-order valence-corrected chi connectivity index (χ2v) is 6.61. The first-order valence-electron chi connectivity index (χ1n) is 8.64. The number of methoxy groups -OCH3 is 2. The van der Waals surface area contributed by atoms with E-state index in [0.29, 0.717) is 28.7 Å². The number of nitrogens with zero attached hydrogens (tertiary/aromatic N) is 4. The predicted octanol–water partition coefficient (Wildman–Crippen LogP) is 2.79. The minimum atomic E-state index is -0.327. The van der Waals surface area contributed by atoms with Crippen LogP contribution in [-0.4, -0.2) is 41.1 Å². The molecule has 6 nitrogen and oxygen atoms in total. The summed E-state index contributed by atoms with van der Waals surface area (Å²) in [6.45, 7) is -0.327. The first-order valence-corrected chi connectivity index (χ1v) is 8.64. The third-order valence-corrected chi connectivity index (χ3v) is 4.70. The Labute approximate surface area is 151 Å². The molecule has 0 saturated heterocycles. The van der Waals surface area contributed by atoms with Gasteiger partial charge >= 0.3 is 6.01 Å². The van der Waals surface area contributed by atoms with Crippen molar-refractivity contribution in [2.24, 2.45) is 11.8 Å². The predicted molar refractivity (Wildman–Crippen MR) is 92.6 cm³/mol. The molecule has 2 atom stereocenters. The van der Waals surface area contributed by atoms with E-state index in [1.807, 2.05) is 6.07 Å². The molecular weight excluding hydrogens is 335 g/mol. The lowest BCUT2D eigenvalue weighted by Crippen LogP contribution is -2.02. The van der Waals surface area contributed by atoms with Gasteiger partial charge in [-0.3, -0.25) is 4.39 Å².